The summed E-state index contributed by atoms with van der Waals surface area (Å²) >= 11 is 0. The fourth-order valence-electron chi connectivity index (χ4n) is 5.76. The molecule has 3 aromatic carbocycles. The van der Waals surface area contributed by atoms with Gasteiger partial charge in [-0.3, -0.25) is 4.31 Å². The Morgan fingerprint density at radius 2 is 1.57 bits per heavy atom. The molecule has 40 heavy (non-hydrogen) atoms. The Kier molecular flexibility index (Phi) is 7.51. The van der Waals surface area contributed by atoms with Crippen molar-refractivity contribution in [2.24, 2.45) is 5.92 Å². The maximum Gasteiger partial charge on any atom is 0.355 e. The maximum atomic E-state index is 14.4. The number of fused-ring (bicyclic) bond motifs is 3. The van der Waals surface area contributed by atoms with Gasteiger partial charge in [0.25, 0.3) is 10.0 Å². The molecule has 0 aromatic heterocycles. The van der Waals surface area contributed by atoms with E-state index in [-0.39, 0.29) is 29.0 Å². The minimum absolute atomic E-state index is 0.00729. The number of carbonyl (C=O) groups is 1. The van der Waals surface area contributed by atoms with Gasteiger partial charge in [0, 0.05) is 5.92 Å². The Balaban J connectivity index is 1.76. The Labute approximate surface area is 235 Å². The van der Waals surface area contributed by atoms with Crippen LogP contribution in [-0.2, 0) is 26.0 Å². The number of esters is 1. The largest absolute Gasteiger partial charge is 0.497 e. The highest BCUT2D eigenvalue weighted by molar-refractivity contribution is 7.89. The molecule has 3 atom stereocenters. The molecule has 3 aromatic rings. The van der Waals surface area contributed by atoms with E-state index in [2.05, 4.69) is 0 Å². The molecular weight excluding hydrogens is 530 g/mol. The molecule has 0 fully saturated rings. The summed E-state index contributed by atoms with van der Waals surface area (Å²) in [5.41, 5.74) is 3.57. The lowest BCUT2D eigenvalue weighted by Crippen LogP contribution is -2.44. The van der Waals surface area contributed by atoms with Crippen LogP contribution in [0, 0.1) is 12.8 Å². The molecule has 0 saturated carbocycles. The van der Waals surface area contributed by atoms with Crippen LogP contribution in [0.5, 0.6) is 17.2 Å². The van der Waals surface area contributed by atoms with Crippen molar-refractivity contribution in [1.82, 2.24) is 4.31 Å². The molecule has 0 spiro atoms. The topological polar surface area (TPSA) is 91.4 Å². The third-order valence-corrected chi connectivity index (χ3v) is 9.49. The molecule has 9 heteroatoms. The zero-order valence-corrected chi connectivity index (χ0v) is 24.0. The number of aryl methyl sites for hydroxylation is 1. The van der Waals surface area contributed by atoms with Crippen molar-refractivity contribution in [3.8, 4) is 17.2 Å². The molecule has 0 unspecified atom stereocenters. The van der Waals surface area contributed by atoms with Crippen LogP contribution < -0.4 is 14.2 Å². The molecule has 2 aliphatic rings. The van der Waals surface area contributed by atoms with Crippen LogP contribution in [-0.4, -0.2) is 46.6 Å². The minimum Gasteiger partial charge on any atom is -0.497 e. The highest BCUT2D eigenvalue weighted by Gasteiger charge is 2.51. The summed E-state index contributed by atoms with van der Waals surface area (Å²) in [5.74, 6) is 0.584. The van der Waals surface area contributed by atoms with Crippen molar-refractivity contribution in [2.75, 3.05) is 27.9 Å². The number of ether oxygens (including phenoxy) is 4. The molecule has 1 aliphatic heterocycles. The molecular formula is C31H33NO7S. The van der Waals surface area contributed by atoms with E-state index in [0.717, 1.165) is 22.3 Å². The van der Waals surface area contributed by atoms with Crippen LogP contribution in [0.4, 0.5) is 0 Å². The molecule has 0 amide bonds. The maximum absolute atomic E-state index is 14.4. The normalized spacial score (nSPS) is 19.8. The monoisotopic (exact) mass is 563 g/mol. The van der Waals surface area contributed by atoms with Crippen molar-refractivity contribution in [2.45, 2.75) is 37.1 Å². The van der Waals surface area contributed by atoms with Gasteiger partial charge in [-0.25, -0.2) is 13.2 Å². The van der Waals surface area contributed by atoms with E-state index < -0.39 is 22.0 Å². The van der Waals surface area contributed by atoms with Crippen LogP contribution in [0.2, 0.25) is 0 Å². The third-order valence-electron chi connectivity index (χ3n) is 7.68. The van der Waals surface area contributed by atoms with E-state index in [1.165, 1.54) is 4.31 Å². The Morgan fingerprint density at radius 1 is 0.925 bits per heavy atom. The van der Waals surface area contributed by atoms with Gasteiger partial charge in [-0.2, -0.15) is 0 Å². The number of hydrogen-bond donors (Lipinski definition) is 0. The van der Waals surface area contributed by atoms with Crippen LogP contribution in [0.25, 0.3) is 0 Å². The first-order valence-electron chi connectivity index (χ1n) is 13.1. The fourth-order valence-corrected chi connectivity index (χ4v) is 7.43. The van der Waals surface area contributed by atoms with Crippen molar-refractivity contribution in [3.05, 3.63) is 94.7 Å². The van der Waals surface area contributed by atoms with Crippen molar-refractivity contribution in [3.63, 3.8) is 0 Å². The second-order valence-electron chi connectivity index (χ2n) is 9.90. The average Bonchev–Trinajstić information content (AvgIpc) is 3.33. The molecule has 0 radical (unpaired) electrons. The molecule has 8 nitrogen and oxygen atoms in total. The van der Waals surface area contributed by atoms with Crippen molar-refractivity contribution < 1.29 is 32.2 Å². The highest BCUT2D eigenvalue weighted by atomic mass is 32.2. The van der Waals surface area contributed by atoms with E-state index in [1.807, 2.05) is 43.3 Å². The van der Waals surface area contributed by atoms with E-state index in [1.54, 1.807) is 58.6 Å². The quantitative estimate of drug-likeness (QED) is 0.349. The third kappa shape index (κ3) is 4.68. The summed E-state index contributed by atoms with van der Waals surface area (Å²) in [6, 6.07) is 17.3. The number of allylic oxidation sites excluding steroid dienone is 1. The highest BCUT2D eigenvalue weighted by Crippen LogP contribution is 2.55. The second kappa shape index (κ2) is 10.9. The van der Waals surface area contributed by atoms with Gasteiger partial charge in [-0.05, 0) is 85.4 Å². The lowest BCUT2D eigenvalue weighted by atomic mass is 9.78. The van der Waals surface area contributed by atoms with Crippen molar-refractivity contribution in [1.29, 1.82) is 0 Å². The lowest BCUT2D eigenvalue weighted by Gasteiger charge is -2.42. The number of hydrogen-bond acceptors (Lipinski definition) is 7. The first-order chi connectivity index (χ1) is 19.2. The first kappa shape index (κ1) is 27.6. The minimum atomic E-state index is -4.17. The van der Waals surface area contributed by atoms with Gasteiger partial charge in [0.05, 0.1) is 38.9 Å². The smallest absolute Gasteiger partial charge is 0.355 e. The number of rotatable bonds is 8. The van der Waals surface area contributed by atoms with Crippen molar-refractivity contribution >= 4 is 16.0 Å². The molecule has 1 aliphatic carbocycles. The SMILES string of the molecule is CCOC(=O)C1=C[C@H](c2ccc(OC)cc2)[C@H]2Cc3cc(OC)c(OC)cc3[C@H]2N1S(=O)(=O)c1ccc(C)cc1. The van der Waals surface area contributed by atoms with E-state index in [0.29, 0.717) is 23.7 Å². The Hall–Kier alpha value is -3.98. The molecule has 0 bridgehead atoms. The van der Waals surface area contributed by atoms with Crippen LogP contribution in [0.15, 0.2) is 77.3 Å². The summed E-state index contributed by atoms with van der Waals surface area (Å²) < 4.78 is 51.9. The lowest BCUT2D eigenvalue weighted by molar-refractivity contribution is -0.140. The van der Waals surface area contributed by atoms with E-state index in [9.17, 15) is 13.2 Å². The zero-order chi connectivity index (χ0) is 28.6. The summed E-state index contributed by atoms with van der Waals surface area (Å²) in [6.45, 7) is 3.70. The van der Waals surface area contributed by atoms with Gasteiger partial charge in [-0.1, -0.05) is 29.8 Å². The molecule has 0 saturated heterocycles. The fraction of sp³-hybridized carbons (Fsp3) is 0.323. The summed E-state index contributed by atoms with van der Waals surface area (Å²) in [5, 5.41) is 0. The molecule has 1 heterocycles. The molecule has 0 N–H and O–H groups in total. The standard InChI is InChI=1S/C31H33NO7S/c1-6-39-31(33)27-17-24(20-9-11-22(36-3)12-10-20)26-15-21-16-28(37-4)29(38-5)18-25(21)30(26)32(27)40(34,35)23-13-7-19(2)8-14-23/h7-14,16-18,24,26,30H,6,15H2,1-5H3/t24-,26-,30-/m1/s1. The second-order valence-corrected chi connectivity index (χ2v) is 11.7. The summed E-state index contributed by atoms with van der Waals surface area (Å²) in [6.07, 6.45) is 2.32. The van der Waals surface area contributed by atoms with Gasteiger partial charge in [0.15, 0.2) is 11.5 Å². The van der Waals surface area contributed by atoms with Crippen LogP contribution in [0.3, 0.4) is 0 Å². The van der Waals surface area contributed by atoms with E-state index >= 15 is 0 Å². The molecule has 5 rings (SSSR count). The number of methoxy groups -OCH3 is 3. The van der Waals surface area contributed by atoms with Gasteiger partial charge >= 0.3 is 5.97 Å². The average molecular weight is 564 g/mol. The summed E-state index contributed by atoms with van der Waals surface area (Å²) in [7, 11) is 0.551. The van der Waals surface area contributed by atoms with Crippen LogP contribution in [0.1, 0.15) is 41.1 Å². The van der Waals surface area contributed by atoms with E-state index in [4.69, 9.17) is 18.9 Å². The number of carbonyl (C=O) groups excluding carboxylic acids is 1. The number of nitrogens with zero attached hydrogens (tertiary/aromatic N) is 1. The zero-order valence-electron chi connectivity index (χ0n) is 23.2. The van der Waals surface area contributed by atoms with Gasteiger partial charge in [0.2, 0.25) is 0 Å². The Morgan fingerprint density at radius 3 is 2.17 bits per heavy atom. The number of sulfonamides is 1. The molecule has 210 valence electrons. The Bertz CT molecular complexity index is 1550. The van der Waals surface area contributed by atoms with Gasteiger partial charge in [-0.15, -0.1) is 0 Å². The summed E-state index contributed by atoms with van der Waals surface area (Å²) in [4.78, 5) is 13.6. The van der Waals surface area contributed by atoms with Gasteiger partial charge in [0.1, 0.15) is 11.4 Å². The number of benzene rings is 3. The van der Waals surface area contributed by atoms with Crippen LogP contribution >= 0.6 is 0 Å². The predicted octanol–water partition coefficient (Wildman–Crippen LogP) is 5.17. The predicted molar refractivity (Wildman–Crippen MR) is 150 cm³/mol. The first-order valence-corrected chi connectivity index (χ1v) is 14.6. The van der Waals surface area contributed by atoms with Gasteiger partial charge < -0.3 is 18.9 Å².